The van der Waals surface area contributed by atoms with Gasteiger partial charge in [0.2, 0.25) is 10.2 Å². The van der Waals surface area contributed by atoms with Crippen molar-refractivity contribution in [3.05, 3.63) is 35.6 Å². The van der Waals surface area contributed by atoms with Crippen LogP contribution in [0.15, 0.2) is 35.6 Å². The Morgan fingerprint density at radius 3 is 1.68 bits per heavy atom. The van der Waals surface area contributed by atoms with Crippen LogP contribution in [0.1, 0.15) is 0 Å². The van der Waals surface area contributed by atoms with Crippen LogP contribution in [0.4, 0.5) is 0 Å². The minimum absolute atomic E-state index is 0.663. The monoisotopic (exact) mass is 442 g/mol. The molecule has 0 saturated heterocycles. The van der Waals surface area contributed by atoms with Gasteiger partial charge in [-0.15, -0.1) is 23.5 Å². The molecule has 0 aromatic rings. The van der Waals surface area contributed by atoms with Crippen LogP contribution < -0.4 is 0 Å². The van der Waals surface area contributed by atoms with Gasteiger partial charge in [0.05, 0.1) is 25.4 Å². The molecule has 0 aromatic heterocycles. The first-order valence-corrected chi connectivity index (χ1v) is 13.5. The van der Waals surface area contributed by atoms with Crippen molar-refractivity contribution >= 4 is 94.1 Å². The summed E-state index contributed by atoms with van der Waals surface area (Å²) in [6.45, 7) is 1.33. The Balaban J connectivity index is 1.47. The Bertz CT molecular complexity index is 600. The zero-order chi connectivity index (χ0) is 15.1. The Hall–Kier alpha value is 1.36. The van der Waals surface area contributed by atoms with Crippen molar-refractivity contribution < 1.29 is 9.47 Å². The molecule has 0 aromatic carbocycles. The molecule has 22 heavy (non-hydrogen) atoms. The Morgan fingerprint density at radius 1 is 0.727 bits per heavy atom. The van der Waals surface area contributed by atoms with E-state index in [1.807, 2.05) is 70.6 Å². The average molecular weight is 443 g/mol. The van der Waals surface area contributed by atoms with Gasteiger partial charge < -0.3 is 9.47 Å². The Morgan fingerprint density at radius 2 is 1.18 bits per heavy atom. The largest absolute Gasteiger partial charge is 0.480 e. The van der Waals surface area contributed by atoms with E-state index in [-0.39, 0.29) is 0 Å². The smallest absolute Gasteiger partial charge is 0.208 e. The second-order valence-electron chi connectivity index (χ2n) is 4.02. The zero-order valence-electron chi connectivity index (χ0n) is 11.5. The van der Waals surface area contributed by atoms with E-state index >= 15 is 0 Å². The summed E-state index contributed by atoms with van der Waals surface area (Å²) in [7, 11) is 0. The standard InChI is InChI=1S/C12H10O2S8/c1-15-7(16-2)8-19-11-12(20-8)22-10(21-11)9-17-5-6(18-9)14-4-3-13-5/h3-4H2,1-2H3. The van der Waals surface area contributed by atoms with Gasteiger partial charge in [0.1, 0.15) is 13.2 Å². The van der Waals surface area contributed by atoms with Crippen molar-refractivity contribution in [2.24, 2.45) is 0 Å². The highest BCUT2D eigenvalue weighted by atomic mass is 32.3. The summed E-state index contributed by atoms with van der Waals surface area (Å²) in [6, 6.07) is 0. The van der Waals surface area contributed by atoms with Crippen molar-refractivity contribution in [3.8, 4) is 0 Å². The van der Waals surface area contributed by atoms with E-state index in [9.17, 15) is 0 Å². The average Bonchev–Trinajstić information content (AvgIpc) is 3.19. The summed E-state index contributed by atoms with van der Waals surface area (Å²) < 4.78 is 19.7. The predicted molar refractivity (Wildman–Crippen MR) is 113 cm³/mol. The van der Waals surface area contributed by atoms with E-state index in [1.165, 1.54) is 25.4 Å². The maximum Gasteiger partial charge on any atom is 0.208 e. The lowest BCUT2D eigenvalue weighted by atomic mass is 10.7. The maximum absolute atomic E-state index is 5.67. The van der Waals surface area contributed by atoms with Crippen LogP contribution >= 0.6 is 94.1 Å². The van der Waals surface area contributed by atoms with Crippen molar-refractivity contribution in [1.29, 1.82) is 0 Å². The first-order valence-electron chi connectivity index (χ1n) is 6.16. The molecule has 0 unspecified atom stereocenters. The molecule has 4 heterocycles. The molecule has 2 nitrogen and oxygen atoms in total. The molecule has 0 fully saturated rings. The topological polar surface area (TPSA) is 18.5 Å². The number of rotatable bonds is 2. The van der Waals surface area contributed by atoms with Crippen LogP contribution in [0.2, 0.25) is 0 Å². The van der Waals surface area contributed by atoms with Gasteiger partial charge in [0, 0.05) is 0 Å². The van der Waals surface area contributed by atoms with Crippen molar-refractivity contribution in [1.82, 2.24) is 0 Å². The molecule has 118 valence electrons. The van der Waals surface area contributed by atoms with Gasteiger partial charge in [-0.1, -0.05) is 47.0 Å². The first kappa shape index (κ1) is 16.8. The fraction of sp³-hybridized carbons (Fsp3) is 0.333. The first-order chi connectivity index (χ1) is 10.8. The molecule has 0 atom stereocenters. The third-order valence-electron chi connectivity index (χ3n) is 2.70. The molecule has 4 aliphatic heterocycles. The molecule has 0 spiro atoms. The van der Waals surface area contributed by atoms with E-state index in [4.69, 9.17) is 9.47 Å². The molecule has 4 aliphatic rings. The Kier molecular flexibility index (Phi) is 5.58. The minimum Gasteiger partial charge on any atom is -0.480 e. The van der Waals surface area contributed by atoms with Gasteiger partial charge in [0.15, 0.2) is 0 Å². The second kappa shape index (κ2) is 7.31. The summed E-state index contributed by atoms with van der Waals surface area (Å²) in [4.78, 5) is 0. The molecular weight excluding hydrogens is 433 g/mol. The third kappa shape index (κ3) is 3.23. The van der Waals surface area contributed by atoms with Gasteiger partial charge in [-0.25, -0.2) is 0 Å². The molecule has 0 N–H and O–H groups in total. The van der Waals surface area contributed by atoms with E-state index in [1.54, 1.807) is 23.5 Å². The number of hydrogen-bond donors (Lipinski definition) is 0. The van der Waals surface area contributed by atoms with Crippen LogP contribution in [0.5, 0.6) is 0 Å². The second-order valence-corrected chi connectivity index (χ2v) is 13.2. The predicted octanol–water partition coefficient (Wildman–Crippen LogP) is 6.71. The van der Waals surface area contributed by atoms with E-state index in [0.717, 1.165) is 10.2 Å². The van der Waals surface area contributed by atoms with Gasteiger partial charge in [0.25, 0.3) is 0 Å². The SMILES string of the molecule is CSC(SC)=C1SC2=C(S1)SC(=C1SC3=C(OCCO3)S1)S2. The summed E-state index contributed by atoms with van der Waals surface area (Å²) in [5.74, 6) is 0. The summed E-state index contributed by atoms with van der Waals surface area (Å²) in [5.41, 5.74) is 0. The lowest BCUT2D eigenvalue weighted by molar-refractivity contribution is 0.0949. The summed E-state index contributed by atoms with van der Waals surface area (Å²) in [6.07, 6.45) is 4.30. The van der Waals surface area contributed by atoms with Gasteiger partial charge in [-0.3, -0.25) is 0 Å². The van der Waals surface area contributed by atoms with E-state index < -0.39 is 0 Å². The Labute approximate surface area is 163 Å². The fourth-order valence-electron chi connectivity index (χ4n) is 1.80. The van der Waals surface area contributed by atoms with E-state index in [0.29, 0.717) is 13.2 Å². The molecule has 0 amide bonds. The summed E-state index contributed by atoms with van der Waals surface area (Å²) in [5, 5.41) is 1.89. The highest BCUT2D eigenvalue weighted by Crippen LogP contribution is 2.70. The van der Waals surface area contributed by atoms with Crippen LogP contribution in [-0.2, 0) is 9.47 Å². The van der Waals surface area contributed by atoms with E-state index in [2.05, 4.69) is 12.5 Å². The van der Waals surface area contributed by atoms with Crippen molar-refractivity contribution in [2.45, 2.75) is 0 Å². The number of thioether (sulfide) groups is 8. The fourth-order valence-corrected chi connectivity index (χ4v) is 12.9. The molecule has 0 radical (unpaired) electrons. The molecule has 10 heteroatoms. The lowest BCUT2D eigenvalue weighted by Crippen LogP contribution is -2.08. The highest BCUT2D eigenvalue weighted by Gasteiger charge is 2.36. The maximum atomic E-state index is 5.67. The van der Waals surface area contributed by atoms with Crippen molar-refractivity contribution in [2.75, 3.05) is 25.7 Å². The quantitative estimate of drug-likeness (QED) is 0.457. The van der Waals surface area contributed by atoms with Crippen LogP contribution in [-0.4, -0.2) is 25.7 Å². The van der Waals surface area contributed by atoms with Crippen LogP contribution in [0, 0.1) is 0 Å². The van der Waals surface area contributed by atoms with Gasteiger partial charge in [-0.2, -0.15) is 0 Å². The molecular formula is C12H10O2S8. The third-order valence-corrected chi connectivity index (χ3v) is 13.9. The summed E-state index contributed by atoms with van der Waals surface area (Å²) >= 11 is 14.7. The van der Waals surface area contributed by atoms with Crippen LogP contribution in [0.25, 0.3) is 0 Å². The molecule has 0 bridgehead atoms. The normalized spacial score (nSPS) is 23.8. The molecule has 0 aliphatic carbocycles. The zero-order valence-corrected chi connectivity index (χ0v) is 18.0. The van der Waals surface area contributed by atoms with Gasteiger partial charge >= 0.3 is 0 Å². The number of hydrogen-bond acceptors (Lipinski definition) is 10. The molecule has 0 saturated carbocycles. The van der Waals surface area contributed by atoms with Crippen LogP contribution in [0.3, 0.4) is 0 Å². The lowest BCUT2D eigenvalue weighted by Gasteiger charge is -2.13. The molecule has 4 rings (SSSR count). The number of ether oxygens (including phenoxy) is 2. The highest BCUT2D eigenvalue weighted by molar-refractivity contribution is 8.49. The van der Waals surface area contributed by atoms with Gasteiger partial charge in [-0.05, 0) is 36.0 Å². The van der Waals surface area contributed by atoms with Crippen molar-refractivity contribution in [3.63, 3.8) is 0 Å². The minimum atomic E-state index is 0.663.